The van der Waals surface area contributed by atoms with Crippen LogP contribution in [0.15, 0.2) is 60.8 Å². The Morgan fingerprint density at radius 3 is 2.35 bits per heavy atom. The minimum atomic E-state index is 0. The molecule has 2 aromatic carbocycles. The first-order valence-corrected chi connectivity index (χ1v) is 9.60. The molecular weight excluding hydrogens is 408 g/mol. The summed E-state index contributed by atoms with van der Waals surface area (Å²) in [6, 6.07) is 19.2. The van der Waals surface area contributed by atoms with Gasteiger partial charge in [0.2, 0.25) is 5.52 Å². The Labute approximate surface area is 171 Å². The van der Waals surface area contributed by atoms with E-state index in [9.17, 15) is 0 Å². The fourth-order valence-corrected chi connectivity index (χ4v) is 3.96. The van der Waals surface area contributed by atoms with E-state index in [0.29, 0.717) is 0 Å². The van der Waals surface area contributed by atoms with Crippen molar-refractivity contribution in [1.82, 2.24) is 0 Å². The molecule has 0 amide bonds. The molecule has 4 rings (SSSR count). The molecule has 0 radical (unpaired) electrons. The molecule has 1 aliphatic heterocycles. The van der Waals surface area contributed by atoms with E-state index in [4.69, 9.17) is 11.6 Å². The van der Waals surface area contributed by atoms with Crippen LogP contribution in [0.4, 0.5) is 5.69 Å². The van der Waals surface area contributed by atoms with Crippen LogP contribution in [0.25, 0.3) is 10.9 Å². The number of benzene rings is 2. The molecule has 0 atom stereocenters. The molecule has 3 aromatic rings. The predicted octanol–water partition coefficient (Wildman–Crippen LogP) is 2.21. The van der Waals surface area contributed by atoms with Gasteiger partial charge in [-0.3, -0.25) is 0 Å². The third-order valence-corrected chi connectivity index (χ3v) is 5.34. The van der Waals surface area contributed by atoms with Gasteiger partial charge in [-0.1, -0.05) is 54.8 Å². The molecule has 1 aromatic heterocycles. The minimum absolute atomic E-state index is 0. The van der Waals surface area contributed by atoms with Crippen molar-refractivity contribution in [2.24, 2.45) is 0 Å². The lowest BCUT2D eigenvalue weighted by Gasteiger charge is -2.23. The maximum atomic E-state index is 6.33. The van der Waals surface area contributed by atoms with Gasteiger partial charge in [-0.25, -0.2) is 0 Å². The van der Waals surface area contributed by atoms with E-state index in [1.54, 1.807) is 0 Å². The van der Waals surface area contributed by atoms with E-state index in [0.717, 1.165) is 24.7 Å². The molecule has 0 aliphatic carbocycles. The van der Waals surface area contributed by atoms with Crippen LogP contribution in [-0.2, 0) is 6.54 Å². The van der Waals surface area contributed by atoms with Crippen LogP contribution in [0, 0.1) is 0 Å². The lowest BCUT2D eigenvalue weighted by atomic mass is 10.1. The van der Waals surface area contributed by atoms with Crippen LogP contribution < -0.4 is 26.4 Å². The zero-order chi connectivity index (χ0) is 17.1. The van der Waals surface area contributed by atoms with E-state index in [-0.39, 0.29) is 17.0 Å². The summed E-state index contributed by atoms with van der Waals surface area (Å²) in [5, 5.41) is 2.09. The fourth-order valence-electron chi connectivity index (χ4n) is 3.80. The summed E-state index contributed by atoms with van der Waals surface area (Å²) in [5.41, 5.74) is 3.85. The number of aromatic nitrogens is 1. The number of anilines is 1. The number of pyridine rings is 1. The first-order chi connectivity index (χ1) is 12.3. The summed E-state index contributed by atoms with van der Waals surface area (Å²) in [6.45, 7) is 3.17. The fraction of sp³-hybridized carbons (Fsp3) is 0.318. The Hall–Kier alpha value is -1.58. The van der Waals surface area contributed by atoms with Crippen molar-refractivity contribution in [3.8, 4) is 0 Å². The summed E-state index contributed by atoms with van der Waals surface area (Å²) < 4.78 is 2.30. The quantitative estimate of drug-likeness (QED) is 0.577. The van der Waals surface area contributed by atoms with Crippen molar-refractivity contribution >= 4 is 28.2 Å². The van der Waals surface area contributed by atoms with Gasteiger partial charge in [0.05, 0.1) is 11.1 Å². The second kappa shape index (κ2) is 8.88. The molecule has 2 nitrogen and oxygen atoms in total. The van der Waals surface area contributed by atoms with E-state index in [1.165, 1.54) is 47.8 Å². The minimum Gasteiger partial charge on any atom is -1.00 e. The Morgan fingerprint density at radius 2 is 1.62 bits per heavy atom. The molecule has 0 spiro atoms. The zero-order valence-electron chi connectivity index (χ0n) is 14.9. The van der Waals surface area contributed by atoms with E-state index >= 15 is 0 Å². The molecule has 26 heavy (non-hydrogen) atoms. The Morgan fingerprint density at radius 1 is 0.885 bits per heavy atom. The van der Waals surface area contributed by atoms with Crippen LogP contribution >= 0.6 is 11.6 Å². The smallest absolute Gasteiger partial charge is 0.216 e. The molecule has 4 heteroatoms. The molecule has 136 valence electrons. The Bertz CT molecular complexity index is 859. The number of fused-ring (bicyclic) bond motifs is 1. The monoisotopic (exact) mass is 430 g/mol. The number of halogens is 2. The maximum Gasteiger partial charge on any atom is 0.216 e. The molecule has 1 saturated heterocycles. The van der Waals surface area contributed by atoms with Gasteiger partial charge in [-0.05, 0) is 25.0 Å². The van der Waals surface area contributed by atoms with Gasteiger partial charge in [0.1, 0.15) is 0 Å². The highest BCUT2D eigenvalue weighted by molar-refractivity contribution is 6.31. The molecule has 2 heterocycles. The molecule has 0 saturated carbocycles. The third-order valence-electron chi connectivity index (χ3n) is 5.10. The molecule has 0 unspecified atom stereocenters. The summed E-state index contributed by atoms with van der Waals surface area (Å²) in [5.74, 6) is 0. The highest BCUT2D eigenvalue weighted by Gasteiger charge is 2.18. The van der Waals surface area contributed by atoms with Crippen molar-refractivity contribution < 1.29 is 21.5 Å². The van der Waals surface area contributed by atoms with Crippen molar-refractivity contribution in [2.75, 3.05) is 18.0 Å². The Kier molecular flexibility index (Phi) is 6.55. The van der Waals surface area contributed by atoms with Gasteiger partial charge in [0.25, 0.3) is 0 Å². The highest BCUT2D eigenvalue weighted by atomic mass is 79.9. The normalized spacial score (nSPS) is 14.7. The van der Waals surface area contributed by atoms with Crippen LogP contribution in [0.5, 0.6) is 0 Å². The van der Waals surface area contributed by atoms with Crippen molar-refractivity contribution in [3.63, 3.8) is 0 Å². The highest BCUT2D eigenvalue weighted by Crippen LogP contribution is 2.28. The van der Waals surface area contributed by atoms with Gasteiger partial charge >= 0.3 is 0 Å². The summed E-state index contributed by atoms with van der Waals surface area (Å²) in [6.07, 6.45) is 7.48. The van der Waals surface area contributed by atoms with Crippen molar-refractivity contribution in [3.05, 3.63) is 71.4 Å². The third kappa shape index (κ3) is 4.21. The maximum absolute atomic E-state index is 6.33. The first-order valence-electron chi connectivity index (χ1n) is 9.22. The number of hydrogen-bond acceptors (Lipinski definition) is 1. The zero-order valence-corrected chi connectivity index (χ0v) is 17.2. The van der Waals surface area contributed by atoms with Gasteiger partial charge in [-0.2, -0.15) is 4.57 Å². The van der Waals surface area contributed by atoms with Gasteiger partial charge in [-0.15, -0.1) is 0 Å². The van der Waals surface area contributed by atoms with Crippen LogP contribution in [0.2, 0.25) is 5.02 Å². The second-order valence-electron chi connectivity index (χ2n) is 6.88. The molecule has 0 N–H and O–H groups in total. The first kappa shape index (κ1) is 19.2. The van der Waals surface area contributed by atoms with Crippen molar-refractivity contribution in [2.45, 2.75) is 32.2 Å². The summed E-state index contributed by atoms with van der Waals surface area (Å²) >= 11 is 6.33. The SMILES string of the molecule is Clc1ccc2c(N3CCCCCC3)cc[n+](Cc3ccccc3)c2c1.[Br-]. The van der Waals surface area contributed by atoms with E-state index in [1.807, 2.05) is 6.07 Å². The average Bonchev–Trinajstić information content (AvgIpc) is 2.92. The summed E-state index contributed by atoms with van der Waals surface area (Å²) in [4.78, 5) is 2.55. The largest absolute Gasteiger partial charge is 1.00 e. The number of rotatable bonds is 3. The standard InChI is InChI=1S/C22H24ClN2.BrH/c23-19-10-11-20-21(24-13-6-1-2-7-14-24)12-15-25(22(20)16-19)17-18-8-4-3-5-9-18;/h3-5,8-12,15-16H,1-2,6-7,13-14,17H2;1H/q+1;/p-1. The molecule has 1 fully saturated rings. The van der Waals surface area contributed by atoms with Gasteiger partial charge < -0.3 is 21.9 Å². The molecule has 1 aliphatic rings. The lowest BCUT2D eigenvalue weighted by Crippen LogP contribution is -3.00. The van der Waals surface area contributed by atoms with E-state index < -0.39 is 0 Å². The molecular formula is C22H24BrClN2. The predicted molar refractivity (Wildman–Crippen MR) is 105 cm³/mol. The second-order valence-corrected chi connectivity index (χ2v) is 7.31. The van der Waals surface area contributed by atoms with E-state index in [2.05, 4.69) is 64.2 Å². The van der Waals surface area contributed by atoms with Crippen LogP contribution in [-0.4, -0.2) is 13.1 Å². The number of nitrogens with zero attached hydrogens (tertiary/aromatic N) is 2. The molecule has 0 bridgehead atoms. The van der Waals surface area contributed by atoms with Crippen LogP contribution in [0.1, 0.15) is 31.2 Å². The van der Waals surface area contributed by atoms with Crippen molar-refractivity contribution in [1.29, 1.82) is 0 Å². The lowest BCUT2D eigenvalue weighted by molar-refractivity contribution is -0.662. The topological polar surface area (TPSA) is 7.12 Å². The average molecular weight is 432 g/mol. The van der Waals surface area contributed by atoms with Gasteiger partial charge in [0, 0.05) is 35.8 Å². The van der Waals surface area contributed by atoms with Crippen LogP contribution in [0.3, 0.4) is 0 Å². The van der Waals surface area contributed by atoms with Gasteiger partial charge in [0.15, 0.2) is 12.7 Å². The number of hydrogen-bond donors (Lipinski definition) is 0. The Balaban J connectivity index is 0.00000196. The summed E-state index contributed by atoms with van der Waals surface area (Å²) in [7, 11) is 0.